The van der Waals surface area contributed by atoms with E-state index in [1.54, 1.807) is 0 Å². The van der Waals surface area contributed by atoms with Crippen molar-refractivity contribution in [3.8, 4) is 0 Å². The van der Waals surface area contributed by atoms with Crippen molar-refractivity contribution in [2.75, 3.05) is 6.54 Å². The van der Waals surface area contributed by atoms with Gasteiger partial charge in [-0.3, -0.25) is 0 Å². The van der Waals surface area contributed by atoms with Gasteiger partial charge in [-0.05, 0) is 67.3 Å². The Bertz CT molecular complexity index is 629. The molecule has 1 nitrogen and oxygen atoms in total. The van der Waals surface area contributed by atoms with Crippen LogP contribution in [0.1, 0.15) is 40.8 Å². The number of rotatable bonds is 4. The average Bonchev–Trinajstić information content (AvgIpc) is 2.42. The summed E-state index contributed by atoms with van der Waals surface area (Å²) in [6, 6.07) is 9.79. The fourth-order valence-electron chi connectivity index (χ4n) is 2.72. The zero-order chi connectivity index (χ0) is 15.6. The highest BCUT2D eigenvalue weighted by Crippen LogP contribution is 2.29. The standard InChI is InChI=1S/C18H21ClFN/c1-5-21-18(16-7-6-15(19)10-11(16)2)14-8-12(3)17(20)13(4)9-14/h6-10,18,21H,5H2,1-4H3. The van der Waals surface area contributed by atoms with Crippen LogP contribution in [0.5, 0.6) is 0 Å². The molecule has 3 heteroatoms. The van der Waals surface area contributed by atoms with Gasteiger partial charge in [0.2, 0.25) is 0 Å². The van der Waals surface area contributed by atoms with Crippen LogP contribution < -0.4 is 5.32 Å². The number of nitrogens with one attached hydrogen (secondary N) is 1. The van der Waals surface area contributed by atoms with E-state index in [9.17, 15) is 4.39 Å². The molecule has 2 rings (SSSR count). The van der Waals surface area contributed by atoms with Crippen molar-refractivity contribution in [3.63, 3.8) is 0 Å². The molecule has 0 aromatic heterocycles. The fourth-order valence-corrected chi connectivity index (χ4v) is 2.95. The molecule has 0 bridgehead atoms. The van der Waals surface area contributed by atoms with E-state index in [1.807, 2.05) is 44.2 Å². The van der Waals surface area contributed by atoms with Crippen LogP contribution in [0.2, 0.25) is 5.02 Å². The highest BCUT2D eigenvalue weighted by Gasteiger charge is 2.17. The van der Waals surface area contributed by atoms with Crippen molar-refractivity contribution in [1.29, 1.82) is 0 Å². The molecule has 0 saturated carbocycles. The van der Waals surface area contributed by atoms with Crippen molar-refractivity contribution >= 4 is 11.6 Å². The van der Waals surface area contributed by atoms with Gasteiger partial charge in [0.15, 0.2) is 0 Å². The number of aryl methyl sites for hydroxylation is 3. The largest absolute Gasteiger partial charge is 0.307 e. The monoisotopic (exact) mass is 305 g/mol. The summed E-state index contributed by atoms with van der Waals surface area (Å²) in [6.45, 7) is 8.58. The molecule has 0 radical (unpaired) electrons. The smallest absolute Gasteiger partial charge is 0.129 e. The maximum absolute atomic E-state index is 13.9. The second-order valence-electron chi connectivity index (χ2n) is 5.46. The summed E-state index contributed by atoms with van der Waals surface area (Å²) in [5, 5.41) is 4.22. The molecule has 2 aromatic carbocycles. The molecule has 1 unspecified atom stereocenters. The molecule has 21 heavy (non-hydrogen) atoms. The molecule has 1 atom stereocenters. The van der Waals surface area contributed by atoms with E-state index in [2.05, 4.69) is 19.2 Å². The van der Waals surface area contributed by atoms with Crippen LogP contribution in [0.4, 0.5) is 4.39 Å². The van der Waals surface area contributed by atoms with E-state index >= 15 is 0 Å². The third kappa shape index (κ3) is 3.45. The van der Waals surface area contributed by atoms with E-state index in [4.69, 9.17) is 11.6 Å². The Morgan fingerprint density at radius 1 is 1.05 bits per heavy atom. The molecule has 0 heterocycles. The fraction of sp³-hybridized carbons (Fsp3) is 0.333. The Morgan fingerprint density at radius 3 is 2.19 bits per heavy atom. The molecular weight excluding hydrogens is 285 g/mol. The molecule has 0 aliphatic carbocycles. The lowest BCUT2D eigenvalue weighted by Crippen LogP contribution is -2.23. The topological polar surface area (TPSA) is 12.0 Å². The van der Waals surface area contributed by atoms with E-state index in [0.29, 0.717) is 11.1 Å². The van der Waals surface area contributed by atoms with Crippen LogP contribution in [0.25, 0.3) is 0 Å². The van der Waals surface area contributed by atoms with E-state index in [0.717, 1.165) is 22.7 Å². The lowest BCUT2D eigenvalue weighted by Gasteiger charge is -2.22. The maximum atomic E-state index is 13.9. The van der Waals surface area contributed by atoms with Gasteiger partial charge in [-0.1, -0.05) is 36.7 Å². The van der Waals surface area contributed by atoms with Crippen molar-refractivity contribution in [1.82, 2.24) is 5.32 Å². The van der Waals surface area contributed by atoms with Gasteiger partial charge in [-0.25, -0.2) is 4.39 Å². The minimum Gasteiger partial charge on any atom is -0.307 e. The summed E-state index contributed by atoms with van der Waals surface area (Å²) < 4.78 is 13.9. The van der Waals surface area contributed by atoms with Crippen LogP contribution in [0.3, 0.4) is 0 Å². The lowest BCUT2D eigenvalue weighted by molar-refractivity contribution is 0.598. The minimum atomic E-state index is -0.123. The van der Waals surface area contributed by atoms with Crippen molar-refractivity contribution in [3.05, 3.63) is 69.0 Å². The molecule has 0 spiro atoms. The van der Waals surface area contributed by atoms with Gasteiger partial charge >= 0.3 is 0 Å². The van der Waals surface area contributed by atoms with E-state index in [1.165, 1.54) is 5.56 Å². The molecule has 112 valence electrons. The van der Waals surface area contributed by atoms with Crippen LogP contribution in [0.15, 0.2) is 30.3 Å². The third-order valence-electron chi connectivity index (χ3n) is 3.74. The van der Waals surface area contributed by atoms with Gasteiger partial charge < -0.3 is 5.32 Å². The first-order valence-electron chi connectivity index (χ1n) is 7.20. The predicted octanol–water partition coefficient (Wildman–Crippen LogP) is 5.10. The summed E-state index contributed by atoms with van der Waals surface area (Å²) in [4.78, 5) is 0. The Kier molecular flexibility index (Phi) is 5.02. The SMILES string of the molecule is CCNC(c1cc(C)c(F)c(C)c1)c1ccc(Cl)cc1C. The first-order chi connectivity index (χ1) is 9.93. The maximum Gasteiger partial charge on any atom is 0.129 e. The first-order valence-corrected chi connectivity index (χ1v) is 7.58. The summed E-state index contributed by atoms with van der Waals surface area (Å²) in [5.41, 5.74) is 4.75. The summed E-state index contributed by atoms with van der Waals surface area (Å²) in [7, 11) is 0. The van der Waals surface area contributed by atoms with Crippen molar-refractivity contribution < 1.29 is 4.39 Å². The number of halogens is 2. The van der Waals surface area contributed by atoms with Gasteiger partial charge in [0.1, 0.15) is 5.82 Å². The zero-order valence-electron chi connectivity index (χ0n) is 12.9. The Hall–Kier alpha value is -1.38. The summed E-state index contributed by atoms with van der Waals surface area (Å²) >= 11 is 6.05. The molecule has 0 amide bonds. The van der Waals surface area contributed by atoms with Crippen molar-refractivity contribution in [2.24, 2.45) is 0 Å². The van der Waals surface area contributed by atoms with Gasteiger partial charge in [-0.2, -0.15) is 0 Å². The quantitative estimate of drug-likeness (QED) is 0.828. The molecular formula is C18H21ClFN. The van der Waals surface area contributed by atoms with Gasteiger partial charge in [0, 0.05) is 5.02 Å². The number of hydrogen-bond donors (Lipinski definition) is 1. The highest BCUT2D eigenvalue weighted by molar-refractivity contribution is 6.30. The van der Waals surface area contributed by atoms with Crippen LogP contribution in [-0.4, -0.2) is 6.54 Å². The Labute approximate surface area is 131 Å². The van der Waals surface area contributed by atoms with Crippen LogP contribution in [0, 0.1) is 26.6 Å². The molecule has 0 saturated heterocycles. The Balaban J connectivity index is 2.53. The molecule has 0 aliphatic rings. The van der Waals surface area contributed by atoms with Crippen molar-refractivity contribution in [2.45, 2.75) is 33.7 Å². The number of benzene rings is 2. The molecule has 0 aliphatic heterocycles. The summed E-state index contributed by atoms with van der Waals surface area (Å²) in [6.07, 6.45) is 0. The molecule has 0 fully saturated rings. The zero-order valence-corrected chi connectivity index (χ0v) is 13.7. The third-order valence-corrected chi connectivity index (χ3v) is 3.98. The number of hydrogen-bond acceptors (Lipinski definition) is 1. The van der Waals surface area contributed by atoms with Crippen LogP contribution in [-0.2, 0) is 0 Å². The second kappa shape index (κ2) is 6.59. The van der Waals surface area contributed by atoms with E-state index < -0.39 is 0 Å². The predicted molar refractivity (Wildman–Crippen MR) is 87.6 cm³/mol. The second-order valence-corrected chi connectivity index (χ2v) is 5.90. The Morgan fingerprint density at radius 2 is 1.67 bits per heavy atom. The minimum absolute atomic E-state index is 0.0465. The normalized spacial score (nSPS) is 12.5. The molecule has 1 N–H and O–H groups in total. The van der Waals surface area contributed by atoms with E-state index in [-0.39, 0.29) is 11.9 Å². The molecule has 2 aromatic rings. The lowest BCUT2D eigenvalue weighted by atomic mass is 9.92. The van der Waals surface area contributed by atoms with Gasteiger partial charge in [0.25, 0.3) is 0 Å². The first kappa shape index (κ1) is 16.0. The average molecular weight is 306 g/mol. The highest BCUT2D eigenvalue weighted by atomic mass is 35.5. The van der Waals surface area contributed by atoms with Gasteiger partial charge in [-0.15, -0.1) is 0 Å². The van der Waals surface area contributed by atoms with Gasteiger partial charge in [0.05, 0.1) is 6.04 Å². The summed E-state index contributed by atoms with van der Waals surface area (Å²) in [5.74, 6) is -0.123. The van der Waals surface area contributed by atoms with Crippen LogP contribution >= 0.6 is 11.6 Å².